The lowest BCUT2D eigenvalue weighted by molar-refractivity contribution is -0.385. The molecule has 0 saturated carbocycles. The molecule has 2 rings (SSSR count). The molecule has 0 saturated heterocycles. The van der Waals surface area contributed by atoms with E-state index in [2.05, 4.69) is 4.98 Å². The molecule has 0 unspecified atom stereocenters. The van der Waals surface area contributed by atoms with Crippen molar-refractivity contribution in [3.63, 3.8) is 0 Å². The van der Waals surface area contributed by atoms with E-state index in [4.69, 9.17) is 10.00 Å². The van der Waals surface area contributed by atoms with E-state index in [0.717, 1.165) is 5.56 Å². The van der Waals surface area contributed by atoms with Crippen LogP contribution in [0.4, 0.5) is 5.69 Å². The molecule has 94 valence electrons. The van der Waals surface area contributed by atoms with Crippen LogP contribution in [0.25, 0.3) is 0 Å². The zero-order valence-electron chi connectivity index (χ0n) is 10.0. The Morgan fingerprint density at radius 3 is 2.84 bits per heavy atom. The first-order valence-electron chi connectivity index (χ1n) is 5.39. The van der Waals surface area contributed by atoms with E-state index in [9.17, 15) is 10.1 Å². The number of benzene rings is 1. The van der Waals surface area contributed by atoms with Crippen molar-refractivity contribution >= 4 is 5.69 Å². The van der Waals surface area contributed by atoms with Gasteiger partial charge in [-0.2, -0.15) is 5.26 Å². The number of aromatic nitrogens is 1. The normalized spacial score (nSPS) is 9.68. The maximum atomic E-state index is 11.0. The largest absolute Gasteiger partial charge is 0.447 e. The summed E-state index contributed by atoms with van der Waals surface area (Å²) in [6, 6.07) is 8.04. The molecule has 0 aliphatic heterocycles. The number of hydrogen-bond acceptors (Lipinski definition) is 5. The average molecular weight is 255 g/mol. The van der Waals surface area contributed by atoms with E-state index in [1.807, 2.05) is 6.07 Å². The predicted molar refractivity (Wildman–Crippen MR) is 66.9 cm³/mol. The van der Waals surface area contributed by atoms with E-state index in [1.54, 1.807) is 13.0 Å². The van der Waals surface area contributed by atoms with Crippen LogP contribution in [0.15, 0.2) is 36.7 Å². The molecular weight excluding hydrogens is 246 g/mol. The first-order valence-corrected chi connectivity index (χ1v) is 5.39. The summed E-state index contributed by atoms with van der Waals surface area (Å²) in [6.45, 7) is 1.75. The summed E-state index contributed by atoms with van der Waals surface area (Å²) in [6.07, 6.45) is 2.80. The lowest BCUT2D eigenvalue weighted by Crippen LogP contribution is -1.95. The molecule has 1 aromatic carbocycles. The highest BCUT2D eigenvalue weighted by molar-refractivity contribution is 5.52. The Hall–Kier alpha value is -2.94. The quantitative estimate of drug-likeness (QED) is 0.621. The SMILES string of the molecule is Cc1ccc(Oc2cnccc2C#N)c([N+](=O)[O-])c1. The smallest absolute Gasteiger partial charge is 0.311 e. The molecule has 0 amide bonds. The highest BCUT2D eigenvalue weighted by atomic mass is 16.6. The maximum Gasteiger partial charge on any atom is 0.311 e. The average Bonchev–Trinajstić information content (AvgIpc) is 2.41. The van der Waals surface area contributed by atoms with Crippen LogP contribution in [0.1, 0.15) is 11.1 Å². The molecule has 2 aromatic rings. The first kappa shape index (κ1) is 12.5. The molecule has 6 nitrogen and oxygen atoms in total. The molecule has 1 heterocycles. The second kappa shape index (κ2) is 5.14. The van der Waals surface area contributed by atoms with Gasteiger partial charge in [0, 0.05) is 12.3 Å². The van der Waals surface area contributed by atoms with Crippen molar-refractivity contribution in [3.8, 4) is 17.6 Å². The number of nitro benzene ring substituents is 1. The van der Waals surface area contributed by atoms with Crippen molar-refractivity contribution in [2.24, 2.45) is 0 Å². The van der Waals surface area contributed by atoms with Gasteiger partial charge in [0.25, 0.3) is 0 Å². The summed E-state index contributed by atoms with van der Waals surface area (Å²) in [5.74, 6) is 0.275. The van der Waals surface area contributed by atoms with Crippen molar-refractivity contribution < 1.29 is 9.66 Å². The van der Waals surface area contributed by atoms with Crippen molar-refractivity contribution in [2.45, 2.75) is 6.92 Å². The number of rotatable bonds is 3. The van der Waals surface area contributed by atoms with E-state index in [1.165, 1.54) is 30.6 Å². The Bertz CT molecular complexity index is 677. The third kappa shape index (κ3) is 2.66. The molecule has 6 heteroatoms. The number of nitrogens with zero attached hydrogens (tertiary/aromatic N) is 3. The van der Waals surface area contributed by atoms with E-state index in [-0.39, 0.29) is 22.7 Å². The van der Waals surface area contributed by atoms with Crippen LogP contribution in [0.3, 0.4) is 0 Å². The van der Waals surface area contributed by atoms with E-state index < -0.39 is 4.92 Å². The lowest BCUT2D eigenvalue weighted by Gasteiger charge is -2.07. The molecule has 0 aliphatic rings. The van der Waals surface area contributed by atoms with E-state index >= 15 is 0 Å². The maximum absolute atomic E-state index is 11.0. The molecule has 1 aromatic heterocycles. The summed E-state index contributed by atoms with van der Waals surface area (Å²) < 4.78 is 5.42. The van der Waals surface area contributed by atoms with Gasteiger partial charge in [0.1, 0.15) is 6.07 Å². The summed E-state index contributed by atoms with van der Waals surface area (Å²) in [5.41, 5.74) is 0.878. The van der Waals surface area contributed by atoms with Crippen molar-refractivity contribution in [2.75, 3.05) is 0 Å². The van der Waals surface area contributed by atoms with Crippen LogP contribution < -0.4 is 4.74 Å². The molecule has 0 aliphatic carbocycles. The number of aryl methyl sites for hydroxylation is 1. The minimum Gasteiger partial charge on any atom is -0.447 e. The Morgan fingerprint density at radius 2 is 2.16 bits per heavy atom. The first-order chi connectivity index (χ1) is 9.11. The number of nitro groups is 1. The summed E-state index contributed by atoms with van der Waals surface area (Å²) in [7, 11) is 0. The molecule has 0 radical (unpaired) electrons. The molecule has 0 N–H and O–H groups in total. The van der Waals surface area contributed by atoms with Gasteiger partial charge >= 0.3 is 5.69 Å². The fourth-order valence-corrected chi connectivity index (χ4v) is 1.53. The van der Waals surface area contributed by atoms with Crippen LogP contribution in [-0.4, -0.2) is 9.91 Å². The molecular formula is C13H9N3O3. The van der Waals surface area contributed by atoms with Gasteiger partial charge in [-0.3, -0.25) is 15.1 Å². The molecule has 0 bridgehead atoms. The zero-order valence-corrected chi connectivity index (χ0v) is 10.0. The summed E-state index contributed by atoms with van der Waals surface area (Å²) in [4.78, 5) is 14.3. The van der Waals surface area contributed by atoms with Gasteiger partial charge < -0.3 is 4.74 Å². The zero-order chi connectivity index (χ0) is 13.8. The molecule has 0 atom stereocenters. The fraction of sp³-hybridized carbons (Fsp3) is 0.0769. The fourth-order valence-electron chi connectivity index (χ4n) is 1.53. The van der Waals surface area contributed by atoms with Gasteiger partial charge in [0.05, 0.1) is 16.7 Å². The van der Waals surface area contributed by atoms with Gasteiger partial charge in [0.15, 0.2) is 5.75 Å². The van der Waals surface area contributed by atoms with Crippen LogP contribution in [0, 0.1) is 28.4 Å². The number of hydrogen-bond donors (Lipinski definition) is 0. The van der Waals surface area contributed by atoms with Crippen LogP contribution in [0.5, 0.6) is 11.5 Å². The Morgan fingerprint density at radius 1 is 1.37 bits per heavy atom. The van der Waals surface area contributed by atoms with Gasteiger partial charge in [-0.25, -0.2) is 0 Å². The molecule has 0 spiro atoms. The van der Waals surface area contributed by atoms with Crippen molar-refractivity contribution in [1.82, 2.24) is 4.98 Å². The molecule has 19 heavy (non-hydrogen) atoms. The summed E-state index contributed by atoms with van der Waals surface area (Å²) in [5, 5.41) is 19.9. The number of pyridine rings is 1. The van der Waals surface area contributed by atoms with Crippen molar-refractivity contribution in [1.29, 1.82) is 5.26 Å². The van der Waals surface area contributed by atoms with Gasteiger partial charge in [-0.15, -0.1) is 0 Å². The van der Waals surface area contributed by atoms with E-state index in [0.29, 0.717) is 0 Å². The topological polar surface area (TPSA) is 89.0 Å². The minimum absolute atomic E-state index is 0.0834. The predicted octanol–water partition coefficient (Wildman–Crippen LogP) is 2.96. The van der Waals surface area contributed by atoms with Crippen molar-refractivity contribution in [3.05, 3.63) is 57.9 Å². The second-order valence-electron chi connectivity index (χ2n) is 3.81. The monoisotopic (exact) mass is 255 g/mol. The highest BCUT2D eigenvalue weighted by Crippen LogP contribution is 2.32. The number of nitriles is 1. The second-order valence-corrected chi connectivity index (χ2v) is 3.81. The van der Waals surface area contributed by atoms with Gasteiger partial charge in [-0.1, -0.05) is 6.07 Å². The third-order valence-corrected chi connectivity index (χ3v) is 2.44. The van der Waals surface area contributed by atoms with Crippen LogP contribution in [0.2, 0.25) is 0 Å². The van der Waals surface area contributed by atoms with Crippen LogP contribution in [-0.2, 0) is 0 Å². The van der Waals surface area contributed by atoms with Crippen LogP contribution >= 0.6 is 0 Å². The lowest BCUT2D eigenvalue weighted by atomic mass is 10.2. The Kier molecular flexibility index (Phi) is 3.39. The minimum atomic E-state index is -0.523. The standard InChI is InChI=1S/C13H9N3O3/c1-9-2-3-12(11(6-9)16(17)18)19-13-8-15-5-4-10(13)7-14/h2-6,8H,1H3. The third-order valence-electron chi connectivity index (χ3n) is 2.44. The van der Waals surface area contributed by atoms with Gasteiger partial charge in [0.2, 0.25) is 5.75 Å². The molecule has 0 fully saturated rings. The Labute approximate surface area is 109 Å². The summed E-state index contributed by atoms with van der Waals surface area (Å²) >= 11 is 0. The highest BCUT2D eigenvalue weighted by Gasteiger charge is 2.17. The Balaban J connectivity index is 2.44. The number of ether oxygens (including phenoxy) is 1. The van der Waals surface area contributed by atoms with Gasteiger partial charge in [-0.05, 0) is 24.6 Å².